The molecular weight excluding hydrogens is 328 g/mol. The van der Waals surface area contributed by atoms with E-state index in [1.54, 1.807) is 0 Å². The van der Waals surface area contributed by atoms with Gasteiger partial charge in [-0.2, -0.15) is 4.52 Å². The van der Waals surface area contributed by atoms with E-state index in [2.05, 4.69) is 41.2 Å². The molecule has 140 valence electrons. The van der Waals surface area contributed by atoms with Crippen molar-refractivity contribution in [3.05, 3.63) is 18.0 Å². The summed E-state index contributed by atoms with van der Waals surface area (Å²) < 4.78 is 1.84. The topological polar surface area (TPSA) is 75.4 Å². The number of fused-ring (bicyclic) bond motifs is 1. The first-order valence-electron chi connectivity index (χ1n) is 9.67. The maximum absolute atomic E-state index is 12.5. The molecule has 1 aliphatic heterocycles. The number of anilines is 1. The second kappa shape index (κ2) is 6.52. The normalized spacial score (nSPS) is 21.2. The maximum Gasteiger partial charge on any atom is 0.224 e. The summed E-state index contributed by atoms with van der Waals surface area (Å²) in [6, 6.07) is 3.95. The summed E-state index contributed by atoms with van der Waals surface area (Å²) in [5.74, 6) is 2.70. The minimum atomic E-state index is -0.127. The first-order valence-corrected chi connectivity index (χ1v) is 9.67. The monoisotopic (exact) mass is 356 g/mol. The van der Waals surface area contributed by atoms with Crippen molar-refractivity contribution in [2.24, 2.45) is 11.8 Å². The lowest BCUT2D eigenvalue weighted by Gasteiger charge is -2.32. The summed E-state index contributed by atoms with van der Waals surface area (Å²) in [4.78, 5) is 14.7. The average Bonchev–Trinajstić information content (AvgIpc) is 3.34. The molecule has 2 aromatic rings. The van der Waals surface area contributed by atoms with Gasteiger partial charge in [-0.25, -0.2) is 0 Å². The van der Waals surface area contributed by atoms with Gasteiger partial charge in [0.25, 0.3) is 0 Å². The van der Waals surface area contributed by atoms with Crippen LogP contribution in [-0.4, -0.2) is 45.4 Å². The van der Waals surface area contributed by atoms with Crippen molar-refractivity contribution >= 4 is 17.4 Å². The van der Waals surface area contributed by atoms with Crippen LogP contribution in [0.15, 0.2) is 12.1 Å². The highest BCUT2D eigenvalue weighted by molar-refractivity contribution is 5.79. The van der Waals surface area contributed by atoms with Gasteiger partial charge >= 0.3 is 0 Å². The number of piperidine rings is 1. The van der Waals surface area contributed by atoms with Crippen molar-refractivity contribution in [3.63, 3.8) is 0 Å². The summed E-state index contributed by atoms with van der Waals surface area (Å²) in [7, 11) is 0. The van der Waals surface area contributed by atoms with Gasteiger partial charge in [0.05, 0.1) is 5.92 Å². The van der Waals surface area contributed by atoms with E-state index in [0.29, 0.717) is 5.92 Å². The largest absolute Gasteiger partial charge is 0.356 e. The lowest BCUT2D eigenvalue weighted by atomic mass is 9.96. The second-order valence-electron chi connectivity index (χ2n) is 8.71. The average molecular weight is 356 g/mol. The molecule has 26 heavy (non-hydrogen) atoms. The van der Waals surface area contributed by atoms with E-state index in [9.17, 15) is 4.79 Å². The van der Waals surface area contributed by atoms with Gasteiger partial charge in [-0.3, -0.25) is 4.79 Å². The molecule has 2 fully saturated rings. The Kier molecular flexibility index (Phi) is 4.32. The number of hydrogen-bond donors (Lipinski definition) is 1. The highest BCUT2D eigenvalue weighted by Crippen LogP contribution is 2.28. The Morgan fingerprint density at radius 1 is 1.23 bits per heavy atom. The Bertz CT molecular complexity index is 804. The molecule has 0 spiro atoms. The minimum absolute atomic E-state index is 0.0444. The summed E-state index contributed by atoms with van der Waals surface area (Å²) in [6.07, 6.45) is 4.48. The standard InChI is InChI=1S/C19H28N6O/c1-19(2,3)18-22-21-15-8-9-16(23-25(15)18)24-10-4-5-14(12-24)17(26)20-11-13-6-7-13/h8-9,13-14H,4-7,10-12H2,1-3H3,(H,20,26). The summed E-state index contributed by atoms with van der Waals surface area (Å²) >= 11 is 0. The second-order valence-corrected chi connectivity index (χ2v) is 8.71. The van der Waals surface area contributed by atoms with E-state index < -0.39 is 0 Å². The van der Waals surface area contributed by atoms with Crippen LogP contribution in [0.5, 0.6) is 0 Å². The number of carbonyl (C=O) groups is 1. The highest BCUT2D eigenvalue weighted by Gasteiger charge is 2.29. The van der Waals surface area contributed by atoms with E-state index in [0.717, 1.165) is 49.8 Å². The lowest BCUT2D eigenvalue weighted by molar-refractivity contribution is -0.125. The Hall–Kier alpha value is -2.18. The van der Waals surface area contributed by atoms with Crippen LogP contribution >= 0.6 is 0 Å². The smallest absolute Gasteiger partial charge is 0.224 e. The number of carbonyl (C=O) groups excluding carboxylic acids is 1. The summed E-state index contributed by atoms with van der Waals surface area (Å²) in [5.41, 5.74) is 0.632. The number of amides is 1. The van der Waals surface area contributed by atoms with Crippen LogP contribution in [0.25, 0.3) is 5.65 Å². The van der Waals surface area contributed by atoms with Crippen LogP contribution in [0.3, 0.4) is 0 Å². The number of nitrogens with one attached hydrogen (secondary N) is 1. The van der Waals surface area contributed by atoms with Gasteiger partial charge in [-0.1, -0.05) is 20.8 Å². The highest BCUT2D eigenvalue weighted by atomic mass is 16.1. The quantitative estimate of drug-likeness (QED) is 0.909. The maximum atomic E-state index is 12.5. The van der Waals surface area contributed by atoms with Crippen molar-refractivity contribution in [3.8, 4) is 0 Å². The van der Waals surface area contributed by atoms with Crippen molar-refractivity contribution in [1.29, 1.82) is 0 Å². The van der Waals surface area contributed by atoms with Crippen molar-refractivity contribution in [1.82, 2.24) is 25.1 Å². The Morgan fingerprint density at radius 2 is 2.04 bits per heavy atom. The fourth-order valence-corrected chi connectivity index (χ4v) is 3.53. The number of nitrogens with zero attached hydrogens (tertiary/aromatic N) is 5. The molecular formula is C19H28N6O. The molecule has 2 aromatic heterocycles. The van der Waals surface area contributed by atoms with Crippen LogP contribution in [0.1, 0.15) is 52.3 Å². The van der Waals surface area contributed by atoms with Gasteiger partial charge in [-0.05, 0) is 43.7 Å². The molecule has 1 atom stereocenters. The molecule has 3 heterocycles. The molecule has 1 saturated carbocycles. The van der Waals surface area contributed by atoms with Gasteiger partial charge < -0.3 is 10.2 Å². The Labute approximate surface area is 154 Å². The summed E-state index contributed by atoms with van der Waals surface area (Å²) in [5, 5.41) is 16.5. The predicted octanol–water partition coefficient (Wildman–Crippen LogP) is 2.16. The molecule has 4 rings (SSSR count). The van der Waals surface area contributed by atoms with Gasteiger partial charge in [0.1, 0.15) is 5.82 Å². The molecule has 2 aliphatic rings. The van der Waals surface area contributed by atoms with E-state index in [4.69, 9.17) is 5.10 Å². The zero-order valence-corrected chi connectivity index (χ0v) is 15.9. The SMILES string of the molecule is CC(C)(C)c1nnc2ccc(N3CCCC(C(=O)NCC4CC4)C3)nn12. The molecule has 7 nitrogen and oxygen atoms in total. The molecule has 0 bridgehead atoms. The zero-order valence-electron chi connectivity index (χ0n) is 15.9. The van der Waals surface area contributed by atoms with E-state index >= 15 is 0 Å². The molecule has 1 unspecified atom stereocenters. The van der Waals surface area contributed by atoms with Crippen molar-refractivity contribution in [2.45, 2.75) is 51.9 Å². The lowest BCUT2D eigenvalue weighted by Crippen LogP contribution is -2.44. The molecule has 1 N–H and O–H groups in total. The van der Waals surface area contributed by atoms with Crippen LogP contribution < -0.4 is 10.2 Å². The minimum Gasteiger partial charge on any atom is -0.356 e. The molecule has 7 heteroatoms. The third-order valence-corrected chi connectivity index (χ3v) is 5.30. The number of aromatic nitrogens is 4. The molecule has 0 radical (unpaired) electrons. The Morgan fingerprint density at radius 3 is 2.77 bits per heavy atom. The number of hydrogen-bond acceptors (Lipinski definition) is 5. The summed E-state index contributed by atoms with van der Waals surface area (Å²) in [6.45, 7) is 8.83. The third-order valence-electron chi connectivity index (χ3n) is 5.30. The fourth-order valence-electron chi connectivity index (χ4n) is 3.53. The van der Waals surface area contributed by atoms with Gasteiger partial charge in [-0.15, -0.1) is 15.3 Å². The van der Waals surface area contributed by atoms with Gasteiger partial charge in [0.15, 0.2) is 11.5 Å². The van der Waals surface area contributed by atoms with Crippen molar-refractivity contribution in [2.75, 3.05) is 24.5 Å². The van der Waals surface area contributed by atoms with Crippen LogP contribution in [0.4, 0.5) is 5.82 Å². The van der Waals surface area contributed by atoms with E-state index in [1.807, 2.05) is 16.6 Å². The van der Waals surface area contributed by atoms with Gasteiger partial charge in [0, 0.05) is 25.0 Å². The van der Waals surface area contributed by atoms with Crippen molar-refractivity contribution < 1.29 is 4.79 Å². The number of rotatable bonds is 4. The van der Waals surface area contributed by atoms with E-state index in [1.165, 1.54) is 12.8 Å². The first-order chi connectivity index (χ1) is 12.4. The molecule has 1 saturated heterocycles. The van der Waals surface area contributed by atoms with E-state index in [-0.39, 0.29) is 17.2 Å². The van der Waals surface area contributed by atoms with Gasteiger partial charge in [0.2, 0.25) is 5.91 Å². The van der Waals surface area contributed by atoms with Crippen LogP contribution in [-0.2, 0) is 10.2 Å². The Balaban J connectivity index is 1.51. The van der Waals surface area contributed by atoms with Crippen LogP contribution in [0, 0.1) is 11.8 Å². The predicted molar refractivity (Wildman–Crippen MR) is 100 cm³/mol. The third kappa shape index (κ3) is 3.52. The zero-order chi connectivity index (χ0) is 18.3. The molecule has 1 amide bonds. The molecule has 1 aliphatic carbocycles. The molecule has 0 aromatic carbocycles. The first kappa shape index (κ1) is 17.2. The van der Waals surface area contributed by atoms with Crippen LogP contribution in [0.2, 0.25) is 0 Å². The fraction of sp³-hybridized carbons (Fsp3) is 0.684.